The Morgan fingerprint density at radius 3 is 2.80 bits per heavy atom. The molecule has 3 unspecified atom stereocenters. The van der Waals surface area contributed by atoms with Gasteiger partial charge in [-0.05, 0) is 31.1 Å². The van der Waals surface area contributed by atoms with Crippen molar-refractivity contribution in [1.82, 2.24) is 10.2 Å². The fourth-order valence-corrected chi connectivity index (χ4v) is 4.06. The molecule has 1 heterocycles. The molecule has 0 aromatic heterocycles. The first-order valence-electron chi connectivity index (χ1n) is 8.56. The Morgan fingerprint density at radius 2 is 2.15 bits per heavy atom. The summed E-state index contributed by atoms with van der Waals surface area (Å²) in [7, 11) is 0. The Labute approximate surface area is 125 Å². The lowest BCUT2D eigenvalue weighted by Crippen LogP contribution is -2.51. The molecule has 1 aliphatic carbocycles. The summed E-state index contributed by atoms with van der Waals surface area (Å²) in [5.41, 5.74) is 0.485. The molecule has 2 rings (SSSR count). The van der Waals surface area contributed by atoms with Crippen molar-refractivity contribution in [3.63, 3.8) is 0 Å². The highest BCUT2D eigenvalue weighted by Crippen LogP contribution is 2.40. The summed E-state index contributed by atoms with van der Waals surface area (Å²) < 4.78 is 5.69. The van der Waals surface area contributed by atoms with Gasteiger partial charge in [-0.25, -0.2) is 0 Å². The third kappa shape index (κ3) is 4.71. The molecule has 0 bridgehead atoms. The molecular weight excluding hydrogens is 248 g/mol. The van der Waals surface area contributed by atoms with E-state index in [1.54, 1.807) is 0 Å². The Kier molecular flexibility index (Phi) is 5.88. The Morgan fingerprint density at radius 1 is 1.35 bits per heavy atom. The van der Waals surface area contributed by atoms with Gasteiger partial charge in [0.15, 0.2) is 0 Å². The van der Waals surface area contributed by atoms with Crippen LogP contribution in [0.15, 0.2) is 0 Å². The maximum atomic E-state index is 5.69. The summed E-state index contributed by atoms with van der Waals surface area (Å²) in [6.07, 6.45) is 6.00. The molecule has 0 spiro atoms. The van der Waals surface area contributed by atoms with E-state index >= 15 is 0 Å². The van der Waals surface area contributed by atoms with E-state index in [0.29, 0.717) is 17.6 Å². The molecule has 0 amide bonds. The van der Waals surface area contributed by atoms with Gasteiger partial charge in [0.05, 0.1) is 12.7 Å². The fourth-order valence-electron chi connectivity index (χ4n) is 4.06. The largest absolute Gasteiger partial charge is 0.376 e. The van der Waals surface area contributed by atoms with Crippen LogP contribution in [-0.2, 0) is 4.74 Å². The van der Waals surface area contributed by atoms with Gasteiger partial charge in [-0.2, -0.15) is 0 Å². The van der Waals surface area contributed by atoms with Crippen LogP contribution in [0.25, 0.3) is 0 Å². The van der Waals surface area contributed by atoms with Gasteiger partial charge in [-0.15, -0.1) is 0 Å². The quantitative estimate of drug-likeness (QED) is 0.839. The van der Waals surface area contributed by atoms with Crippen molar-refractivity contribution >= 4 is 0 Å². The summed E-state index contributed by atoms with van der Waals surface area (Å²) in [6, 6.07) is 0.590. The van der Waals surface area contributed by atoms with Gasteiger partial charge < -0.3 is 10.1 Å². The highest BCUT2D eigenvalue weighted by atomic mass is 16.5. The van der Waals surface area contributed by atoms with E-state index in [4.69, 9.17) is 4.74 Å². The highest BCUT2D eigenvalue weighted by molar-refractivity contribution is 4.91. The van der Waals surface area contributed by atoms with Gasteiger partial charge in [0, 0.05) is 32.2 Å². The molecule has 3 nitrogen and oxygen atoms in total. The first-order chi connectivity index (χ1) is 9.49. The van der Waals surface area contributed by atoms with Crippen molar-refractivity contribution in [2.24, 2.45) is 11.3 Å². The zero-order valence-corrected chi connectivity index (χ0v) is 14.0. The van der Waals surface area contributed by atoms with Gasteiger partial charge in [-0.1, -0.05) is 33.6 Å². The zero-order chi connectivity index (χ0) is 14.6. The minimum atomic E-state index is 0.403. The van der Waals surface area contributed by atoms with Gasteiger partial charge in [0.2, 0.25) is 0 Å². The predicted molar refractivity (Wildman–Crippen MR) is 85.1 cm³/mol. The molecule has 0 radical (unpaired) electrons. The van der Waals surface area contributed by atoms with E-state index in [2.05, 4.69) is 37.9 Å². The van der Waals surface area contributed by atoms with Crippen LogP contribution in [-0.4, -0.2) is 49.8 Å². The van der Waals surface area contributed by atoms with Crippen LogP contribution in [0.5, 0.6) is 0 Å². The monoisotopic (exact) mass is 282 g/mol. The number of ether oxygens (including phenoxy) is 1. The van der Waals surface area contributed by atoms with Gasteiger partial charge >= 0.3 is 0 Å². The second kappa shape index (κ2) is 7.24. The molecule has 1 saturated carbocycles. The summed E-state index contributed by atoms with van der Waals surface area (Å²) in [4.78, 5) is 2.65. The van der Waals surface area contributed by atoms with Crippen LogP contribution >= 0.6 is 0 Å². The lowest BCUT2D eigenvalue weighted by Gasteiger charge is -2.45. The zero-order valence-electron chi connectivity index (χ0n) is 14.0. The summed E-state index contributed by atoms with van der Waals surface area (Å²) in [6.45, 7) is 14.7. The van der Waals surface area contributed by atoms with Crippen molar-refractivity contribution < 1.29 is 4.74 Å². The number of hydrogen-bond acceptors (Lipinski definition) is 3. The lowest BCUT2D eigenvalue weighted by molar-refractivity contribution is -0.0397. The molecule has 1 N–H and O–H groups in total. The topological polar surface area (TPSA) is 24.5 Å². The minimum absolute atomic E-state index is 0.403. The van der Waals surface area contributed by atoms with Gasteiger partial charge in [-0.3, -0.25) is 4.90 Å². The van der Waals surface area contributed by atoms with Crippen LogP contribution in [0.3, 0.4) is 0 Å². The number of rotatable bonds is 5. The van der Waals surface area contributed by atoms with E-state index < -0.39 is 0 Å². The molecular formula is C17H34N2O. The summed E-state index contributed by atoms with van der Waals surface area (Å²) in [5, 5.41) is 3.72. The van der Waals surface area contributed by atoms with E-state index in [1.807, 2.05) is 0 Å². The number of morpholine rings is 1. The maximum absolute atomic E-state index is 5.69. The van der Waals surface area contributed by atoms with E-state index in [-0.39, 0.29) is 0 Å². The van der Waals surface area contributed by atoms with Crippen LogP contribution in [0.4, 0.5) is 0 Å². The van der Waals surface area contributed by atoms with Crippen molar-refractivity contribution in [3.05, 3.63) is 0 Å². The van der Waals surface area contributed by atoms with Crippen LogP contribution < -0.4 is 5.32 Å². The SMILES string of the molecule is CC1CCCC(CNC(C)C)(CN2CCOC(C)C2)C1. The Bertz CT molecular complexity index is 295. The Hall–Kier alpha value is -0.120. The van der Waals surface area contributed by atoms with Crippen LogP contribution in [0.2, 0.25) is 0 Å². The molecule has 0 aromatic carbocycles. The highest BCUT2D eigenvalue weighted by Gasteiger charge is 2.37. The summed E-state index contributed by atoms with van der Waals surface area (Å²) >= 11 is 0. The standard InChI is InChI=1S/C17H34N2O/c1-14(2)18-12-17(7-5-6-15(3)10-17)13-19-8-9-20-16(4)11-19/h14-16,18H,5-13H2,1-4H3. The first-order valence-corrected chi connectivity index (χ1v) is 8.56. The molecule has 0 aromatic rings. The predicted octanol–water partition coefficient (Wildman–Crippen LogP) is 2.90. The second-order valence-corrected chi connectivity index (χ2v) is 7.65. The molecule has 118 valence electrons. The molecule has 2 fully saturated rings. The van der Waals surface area contributed by atoms with Gasteiger partial charge in [0.1, 0.15) is 0 Å². The number of nitrogens with zero attached hydrogens (tertiary/aromatic N) is 1. The van der Waals surface area contributed by atoms with E-state index in [9.17, 15) is 0 Å². The van der Waals surface area contributed by atoms with E-state index in [1.165, 1.54) is 38.8 Å². The smallest absolute Gasteiger partial charge is 0.0674 e. The lowest BCUT2D eigenvalue weighted by atomic mass is 9.69. The summed E-state index contributed by atoms with van der Waals surface area (Å²) in [5.74, 6) is 0.885. The van der Waals surface area contributed by atoms with Crippen molar-refractivity contribution in [2.45, 2.75) is 65.5 Å². The normalized spacial score (nSPS) is 36.5. The molecule has 1 saturated heterocycles. The molecule has 3 heteroatoms. The van der Waals surface area contributed by atoms with Crippen molar-refractivity contribution in [2.75, 3.05) is 32.8 Å². The third-order valence-electron chi connectivity index (χ3n) is 4.96. The molecule has 20 heavy (non-hydrogen) atoms. The number of nitrogens with one attached hydrogen (secondary N) is 1. The maximum Gasteiger partial charge on any atom is 0.0674 e. The van der Waals surface area contributed by atoms with Crippen LogP contribution in [0.1, 0.15) is 53.4 Å². The average molecular weight is 282 g/mol. The average Bonchev–Trinajstić information content (AvgIpc) is 2.36. The van der Waals surface area contributed by atoms with Crippen LogP contribution in [0, 0.1) is 11.3 Å². The van der Waals surface area contributed by atoms with Gasteiger partial charge in [0.25, 0.3) is 0 Å². The minimum Gasteiger partial charge on any atom is -0.376 e. The third-order valence-corrected chi connectivity index (χ3v) is 4.96. The molecule has 2 aliphatic rings. The second-order valence-electron chi connectivity index (χ2n) is 7.65. The first kappa shape index (κ1) is 16.3. The number of hydrogen-bond donors (Lipinski definition) is 1. The van der Waals surface area contributed by atoms with Crippen molar-refractivity contribution in [1.29, 1.82) is 0 Å². The van der Waals surface area contributed by atoms with Crippen molar-refractivity contribution in [3.8, 4) is 0 Å². The van der Waals surface area contributed by atoms with E-state index in [0.717, 1.165) is 25.6 Å². The fraction of sp³-hybridized carbons (Fsp3) is 1.00. The Balaban J connectivity index is 1.97. The molecule has 1 aliphatic heterocycles. The molecule has 3 atom stereocenters.